The second-order valence-corrected chi connectivity index (χ2v) is 7.69. The Morgan fingerprint density at radius 3 is 2.48 bits per heavy atom. The van der Waals surface area contributed by atoms with Crippen LogP contribution in [0.4, 0.5) is 0 Å². The number of hydrogen-bond acceptors (Lipinski definition) is 7. The molecule has 0 fully saturated rings. The second-order valence-electron chi connectivity index (χ2n) is 7.69. The molecule has 0 saturated carbocycles. The average molecular weight is 444 g/mol. The van der Waals surface area contributed by atoms with Crippen molar-refractivity contribution in [2.75, 3.05) is 14.2 Å². The fourth-order valence-corrected chi connectivity index (χ4v) is 4.32. The lowest BCUT2D eigenvalue weighted by molar-refractivity contribution is -0.135. The molecule has 0 radical (unpaired) electrons. The van der Waals surface area contributed by atoms with E-state index in [4.69, 9.17) is 18.6 Å². The number of carbonyl (C=O) groups excluding carboxylic acids is 1. The van der Waals surface area contributed by atoms with Gasteiger partial charge in [0, 0.05) is 23.1 Å². The van der Waals surface area contributed by atoms with Gasteiger partial charge in [-0.3, -0.25) is 9.59 Å². The Kier molecular flexibility index (Phi) is 5.01. The summed E-state index contributed by atoms with van der Waals surface area (Å²) in [4.78, 5) is 25.8. The van der Waals surface area contributed by atoms with Crippen LogP contribution in [-0.2, 0) is 4.79 Å². The van der Waals surface area contributed by atoms with Gasteiger partial charge in [-0.2, -0.15) is 0 Å². The molecule has 0 saturated heterocycles. The number of phenolic OH excluding ortho intramolecular Hbond substituents is 1. The van der Waals surface area contributed by atoms with Gasteiger partial charge in [-0.1, -0.05) is 30.3 Å². The number of fused-ring (bicyclic) bond motifs is 3. The van der Waals surface area contributed by atoms with Gasteiger partial charge in [-0.15, -0.1) is 0 Å². The molecule has 1 unspecified atom stereocenters. The summed E-state index contributed by atoms with van der Waals surface area (Å²) in [6.45, 7) is 0. The summed E-state index contributed by atoms with van der Waals surface area (Å²) in [5, 5.41) is 10.7. The van der Waals surface area contributed by atoms with Crippen molar-refractivity contribution >= 4 is 16.9 Å². The van der Waals surface area contributed by atoms with Crippen molar-refractivity contribution in [3.8, 4) is 34.1 Å². The Morgan fingerprint density at radius 1 is 1.00 bits per heavy atom. The molecule has 1 atom stereocenters. The maximum atomic E-state index is 13.4. The third-order valence-electron chi connectivity index (χ3n) is 5.89. The molecular formula is C26H20O7. The van der Waals surface area contributed by atoms with Crippen LogP contribution in [0.25, 0.3) is 22.1 Å². The fraction of sp³-hybridized carbons (Fsp3) is 0.154. The Morgan fingerprint density at radius 2 is 1.76 bits per heavy atom. The quantitative estimate of drug-likeness (QED) is 0.362. The average Bonchev–Trinajstić information content (AvgIpc) is 2.83. The molecule has 166 valence electrons. The van der Waals surface area contributed by atoms with Crippen LogP contribution < -0.4 is 19.6 Å². The molecule has 1 aliphatic heterocycles. The maximum Gasteiger partial charge on any atom is 0.312 e. The van der Waals surface area contributed by atoms with E-state index in [0.717, 1.165) is 5.56 Å². The smallest absolute Gasteiger partial charge is 0.312 e. The Hall–Kier alpha value is -4.26. The molecule has 5 rings (SSSR count). The molecule has 2 heterocycles. The Bertz CT molecular complexity index is 1430. The van der Waals surface area contributed by atoms with Crippen LogP contribution in [0.5, 0.6) is 23.0 Å². The van der Waals surface area contributed by atoms with E-state index in [0.29, 0.717) is 28.2 Å². The highest BCUT2D eigenvalue weighted by molar-refractivity contribution is 5.94. The molecule has 0 amide bonds. The van der Waals surface area contributed by atoms with Gasteiger partial charge >= 0.3 is 5.97 Å². The number of methoxy groups -OCH3 is 2. The summed E-state index contributed by atoms with van der Waals surface area (Å²) < 4.78 is 22.0. The van der Waals surface area contributed by atoms with E-state index in [9.17, 15) is 14.7 Å². The molecule has 7 heteroatoms. The van der Waals surface area contributed by atoms with Crippen molar-refractivity contribution in [3.05, 3.63) is 82.2 Å². The number of para-hydroxylation sites is 1. The van der Waals surface area contributed by atoms with Gasteiger partial charge in [0.15, 0.2) is 0 Å². The van der Waals surface area contributed by atoms with Crippen LogP contribution in [-0.4, -0.2) is 25.3 Å². The lowest BCUT2D eigenvalue weighted by atomic mass is 9.84. The fourth-order valence-electron chi connectivity index (χ4n) is 4.32. The molecule has 3 aromatic carbocycles. The van der Waals surface area contributed by atoms with Crippen molar-refractivity contribution in [3.63, 3.8) is 0 Å². The Balaban J connectivity index is 1.76. The van der Waals surface area contributed by atoms with Gasteiger partial charge in [0.2, 0.25) is 5.43 Å². The number of carbonyl (C=O) groups is 1. The second kappa shape index (κ2) is 8.02. The minimum absolute atomic E-state index is 0.0277. The topological polar surface area (TPSA) is 95.2 Å². The van der Waals surface area contributed by atoms with E-state index in [-0.39, 0.29) is 28.9 Å². The first kappa shape index (κ1) is 20.6. The first-order valence-electron chi connectivity index (χ1n) is 10.3. The standard InChI is InChI=1S/C26H20O7/c1-30-15-9-7-14(8-10-15)18-13-32-26-23-17(16-5-3-4-6-20(16)31-2)11-22(28)33-21(23)12-19(27)24(26)25(18)29/h3-10,12-13,17,27H,11H2,1-2H3. The SMILES string of the molecule is COc1ccc(-c2coc3c4c(cc(O)c3c2=O)OC(=O)CC4c2ccccc2OC)cc1. The minimum Gasteiger partial charge on any atom is -0.507 e. The molecule has 0 spiro atoms. The van der Waals surface area contributed by atoms with E-state index >= 15 is 0 Å². The Labute approximate surface area is 188 Å². The number of esters is 1. The monoisotopic (exact) mass is 444 g/mol. The minimum atomic E-state index is -0.476. The van der Waals surface area contributed by atoms with Gasteiger partial charge in [0.1, 0.15) is 40.2 Å². The lowest BCUT2D eigenvalue weighted by Gasteiger charge is -2.27. The van der Waals surface area contributed by atoms with Crippen LogP contribution in [0.3, 0.4) is 0 Å². The molecule has 0 aliphatic carbocycles. The summed E-state index contributed by atoms with van der Waals surface area (Å²) in [5.41, 5.74) is 1.98. The third-order valence-corrected chi connectivity index (χ3v) is 5.89. The first-order chi connectivity index (χ1) is 16.0. The predicted molar refractivity (Wildman–Crippen MR) is 121 cm³/mol. The van der Waals surface area contributed by atoms with Gasteiger partial charge < -0.3 is 23.7 Å². The number of aromatic hydroxyl groups is 1. The van der Waals surface area contributed by atoms with Crippen LogP contribution in [0.1, 0.15) is 23.5 Å². The molecule has 1 N–H and O–H groups in total. The van der Waals surface area contributed by atoms with Crippen LogP contribution in [0, 0.1) is 0 Å². The third kappa shape index (κ3) is 3.38. The largest absolute Gasteiger partial charge is 0.507 e. The highest BCUT2D eigenvalue weighted by Crippen LogP contribution is 2.47. The van der Waals surface area contributed by atoms with Crippen molar-refractivity contribution in [1.82, 2.24) is 0 Å². The zero-order valence-corrected chi connectivity index (χ0v) is 18.0. The van der Waals surface area contributed by atoms with Gasteiger partial charge in [0.05, 0.1) is 26.2 Å². The van der Waals surface area contributed by atoms with E-state index in [2.05, 4.69) is 0 Å². The molecule has 1 aromatic heterocycles. The summed E-state index contributed by atoms with van der Waals surface area (Å²) in [6.07, 6.45) is 1.40. The number of phenols is 1. The summed E-state index contributed by atoms with van der Waals surface area (Å²) >= 11 is 0. The highest BCUT2D eigenvalue weighted by Gasteiger charge is 2.35. The zero-order valence-electron chi connectivity index (χ0n) is 18.0. The van der Waals surface area contributed by atoms with Crippen molar-refractivity contribution < 1.29 is 28.5 Å². The number of hydrogen-bond donors (Lipinski definition) is 1. The number of rotatable bonds is 4. The molecule has 7 nitrogen and oxygen atoms in total. The van der Waals surface area contributed by atoms with Crippen LogP contribution >= 0.6 is 0 Å². The van der Waals surface area contributed by atoms with Crippen LogP contribution in [0.2, 0.25) is 0 Å². The normalized spacial score (nSPS) is 15.1. The summed E-state index contributed by atoms with van der Waals surface area (Å²) in [7, 11) is 3.11. The highest BCUT2D eigenvalue weighted by atomic mass is 16.5. The molecule has 0 bridgehead atoms. The van der Waals surface area contributed by atoms with E-state index in [1.807, 2.05) is 18.2 Å². The van der Waals surface area contributed by atoms with Crippen molar-refractivity contribution in [2.24, 2.45) is 0 Å². The van der Waals surface area contributed by atoms with E-state index in [1.54, 1.807) is 44.6 Å². The van der Waals surface area contributed by atoms with E-state index < -0.39 is 17.3 Å². The first-order valence-corrected chi connectivity index (χ1v) is 10.3. The van der Waals surface area contributed by atoms with E-state index in [1.165, 1.54) is 12.3 Å². The van der Waals surface area contributed by atoms with Gasteiger partial charge in [-0.25, -0.2) is 0 Å². The van der Waals surface area contributed by atoms with Crippen molar-refractivity contribution in [1.29, 1.82) is 0 Å². The molecule has 4 aromatic rings. The molecule has 33 heavy (non-hydrogen) atoms. The summed E-state index contributed by atoms with van der Waals surface area (Å²) in [6, 6.07) is 15.6. The zero-order chi connectivity index (χ0) is 23.1. The van der Waals surface area contributed by atoms with Gasteiger partial charge in [-0.05, 0) is 23.8 Å². The van der Waals surface area contributed by atoms with Crippen molar-refractivity contribution in [2.45, 2.75) is 12.3 Å². The van der Waals surface area contributed by atoms with Gasteiger partial charge in [0.25, 0.3) is 0 Å². The number of benzene rings is 3. The predicted octanol–water partition coefficient (Wildman–Crippen LogP) is 4.62. The van der Waals surface area contributed by atoms with Crippen LogP contribution in [0.15, 0.2) is 70.1 Å². The number of ether oxygens (including phenoxy) is 3. The maximum absolute atomic E-state index is 13.4. The molecular weight excluding hydrogens is 424 g/mol. The lowest BCUT2D eigenvalue weighted by Crippen LogP contribution is -2.22. The molecule has 1 aliphatic rings. The summed E-state index contributed by atoms with van der Waals surface area (Å²) in [5.74, 6) is 0.169.